The molecule has 3 heteroatoms. The van der Waals surface area contributed by atoms with Crippen molar-refractivity contribution in [3.05, 3.63) is 77.7 Å². The molecule has 2 aromatic carbocycles. The van der Waals surface area contributed by atoms with Crippen LogP contribution >= 0.6 is 0 Å². The summed E-state index contributed by atoms with van der Waals surface area (Å²) in [6.45, 7) is 9.47. The van der Waals surface area contributed by atoms with Crippen molar-refractivity contribution >= 4 is 0 Å². The smallest absolute Gasteiger partial charge is 0.226 e. The number of nitrogens with zero attached hydrogens (tertiary/aromatic N) is 1. The second-order valence-electron chi connectivity index (χ2n) is 7.48. The van der Waals surface area contributed by atoms with E-state index in [2.05, 4.69) is 86.5 Å². The van der Waals surface area contributed by atoms with E-state index < -0.39 is 0 Å². The van der Waals surface area contributed by atoms with Gasteiger partial charge in [0, 0.05) is 18.2 Å². The number of oxazole rings is 1. The van der Waals surface area contributed by atoms with Crippen molar-refractivity contribution in [2.45, 2.75) is 45.7 Å². The lowest BCUT2D eigenvalue weighted by Crippen LogP contribution is -2.18. The molecule has 0 bridgehead atoms. The Morgan fingerprint density at radius 3 is 2.32 bits per heavy atom. The SMILES string of the molecule is CC(NCc1coc(-c2ccc(C(C)(C)C)cc2)n1)c1ccccc1. The zero-order valence-electron chi connectivity index (χ0n) is 15.4. The van der Waals surface area contributed by atoms with Gasteiger partial charge in [0.1, 0.15) is 6.26 Å². The number of aromatic nitrogens is 1. The summed E-state index contributed by atoms with van der Waals surface area (Å²) in [6, 6.07) is 19.1. The second kappa shape index (κ2) is 7.24. The maximum Gasteiger partial charge on any atom is 0.226 e. The minimum absolute atomic E-state index is 0.151. The fourth-order valence-corrected chi connectivity index (χ4v) is 2.75. The summed E-state index contributed by atoms with van der Waals surface area (Å²) in [6.07, 6.45) is 1.73. The van der Waals surface area contributed by atoms with Crippen LogP contribution in [0.1, 0.15) is 50.6 Å². The molecule has 0 aliphatic heterocycles. The third-order valence-electron chi connectivity index (χ3n) is 4.44. The van der Waals surface area contributed by atoms with Crippen LogP contribution in [0.3, 0.4) is 0 Å². The number of hydrogen-bond donors (Lipinski definition) is 1. The van der Waals surface area contributed by atoms with E-state index in [0.29, 0.717) is 12.4 Å². The topological polar surface area (TPSA) is 38.1 Å². The Hall–Kier alpha value is -2.39. The highest BCUT2D eigenvalue weighted by Gasteiger charge is 2.14. The molecule has 0 fully saturated rings. The highest BCUT2D eigenvalue weighted by Crippen LogP contribution is 2.26. The monoisotopic (exact) mass is 334 g/mol. The maximum absolute atomic E-state index is 5.66. The average Bonchev–Trinajstić information content (AvgIpc) is 3.09. The molecule has 1 unspecified atom stereocenters. The summed E-state index contributed by atoms with van der Waals surface area (Å²) in [4.78, 5) is 4.61. The van der Waals surface area contributed by atoms with Crippen LogP contribution in [0.2, 0.25) is 0 Å². The summed E-state index contributed by atoms with van der Waals surface area (Å²) < 4.78 is 5.66. The molecule has 1 N–H and O–H groups in total. The standard InChI is InChI=1S/C22H26N2O/c1-16(17-8-6-5-7-9-17)23-14-20-15-25-21(24-20)18-10-12-19(13-11-18)22(2,3)4/h5-13,15-16,23H,14H2,1-4H3. The highest BCUT2D eigenvalue weighted by molar-refractivity contribution is 5.54. The molecule has 3 aromatic rings. The predicted molar refractivity (Wildman–Crippen MR) is 102 cm³/mol. The Bertz CT molecular complexity index is 798. The normalized spacial score (nSPS) is 13.0. The second-order valence-corrected chi connectivity index (χ2v) is 7.48. The number of hydrogen-bond acceptors (Lipinski definition) is 3. The molecule has 0 aliphatic carbocycles. The first-order chi connectivity index (χ1) is 11.9. The van der Waals surface area contributed by atoms with Crippen molar-refractivity contribution in [3.63, 3.8) is 0 Å². The highest BCUT2D eigenvalue weighted by atomic mass is 16.3. The Morgan fingerprint density at radius 1 is 1.00 bits per heavy atom. The minimum atomic E-state index is 0.151. The molecule has 3 nitrogen and oxygen atoms in total. The number of nitrogens with one attached hydrogen (secondary N) is 1. The lowest BCUT2D eigenvalue weighted by Gasteiger charge is -2.18. The van der Waals surface area contributed by atoms with Crippen molar-refractivity contribution < 1.29 is 4.42 Å². The van der Waals surface area contributed by atoms with Crippen molar-refractivity contribution in [2.24, 2.45) is 0 Å². The lowest BCUT2D eigenvalue weighted by molar-refractivity contribution is 0.553. The van der Waals surface area contributed by atoms with Crippen LogP contribution in [-0.2, 0) is 12.0 Å². The third-order valence-corrected chi connectivity index (χ3v) is 4.44. The van der Waals surface area contributed by atoms with E-state index in [-0.39, 0.29) is 11.5 Å². The van der Waals surface area contributed by atoms with Crippen LogP contribution in [-0.4, -0.2) is 4.98 Å². The van der Waals surface area contributed by atoms with Gasteiger partial charge in [0.05, 0.1) is 5.69 Å². The zero-order chi connectivity index (χ0) is 17.9. The first-order valence-electron chi connectivity index (χ1n) is 8.77. The fourth-order valence-electron chi connectivity index (χ4n) is 2.75. The Kier molecular flexibility index (Phi) is 5.05. The molecule has 25 heavy (non-hydrogen) atoms. The molecule has 0 radical (unpaired) electrons. The van der Waals surface area contributed by atoms with Gasteiger partial charge in [-0.1, -0.05) is 63.2 Å². The molecule has 1 heterocycles. The molecular formula is C22H26N2O. The van der Waals surface area contributed by atoms with E-state index >= 15 is 0 Å². The summed E-state index contributed by atoms with van der Waals surface area (Å²) in [5, 5.41) is 3.49. The molecule has 0 saturated heterocycles. The fraction of sp³-hybridized carbons (Fsp3) is 0.318. The van der Waals surface area contributed by atoms with Crippen LogP contribution in [0.25, 0.3) is 11.5 Å². The van der Waals surface area contributed by atoms with Crippen LogP contribution in [0.4, 0.5) is 0 Å². The number of benzene rings is 2. The van der Waals surface area contributed by atoms with Gasteiger partial charge in [-0.15, -0.1) is 0 Å². The first kappa shape index (κ1) is 17.4. The van der Waals surface area contributed by atoms with Gasteiger partial charge < -0.3 is 9.73 Å². The summed E-state index contributed by atoms with van der Waals surface area (Å²) in [7, 11) is 0. The van der Waals surface area contributed by atoms with E-state index in [1.807, 2.05) is 6.07 Å². The zero-order valence-corrected chi connectivity index (χ0v) is 15.4. The number of rotatable bonds is 5. The predicted octanol–water partition coefficient (Wildman–Crippen LogP) is 5.49. The van der Waals surface area contributed by atoms with Gasteiger partial charge in [0.15, 0.2) is 0 Å². The Labute approximate surface area is 150 Å². The molecular weight excluding hydrogens is 308 g/mol. The van der Waals surface area contributed by atoms with Gasteiger partial charge in [0.25, 0.3) is 0 Å². The van der Waals surface area contributed by atoms with E-state index in [1.165, 1.54) is 11.1 Å². The van der Waals surface area contributed by atoms with Gasteiger partial charge in [-0.25, -0.2) is 4.98 Å². The molecule has 1 aromatic heterocycles. The van der Waals surface area contributed by atoms with Crippen LogP contribution < -0.4 is 5.32 Å². The van der Waals surface area contributed by atoms with E-state index in [9.17, 15) is 0 Å². The average molecular weight is 334 g/mol. The molecule has 0 spiro atoms. The summed E-state index contributed by atoms with van der Waals surface area (Å²) >= 11 is 0. The van der Waals surface area contributed by atoms with Gasteiger partial charge in [-0.3, -0.25) is 0 Å². The molecule has 1 atom stereocenters. The lowest BCUT2D eigenvalue weighted by atomic mass is 9.87. The molecule has 0 saturated carbocycles. The third kappa shape index (κ3) is 4.37. The van der Waals surface area contributed by atoms with Gasteiger partial charge in [-0.05, 0) is 35.6 Å². The maximum atomic E-state index is 5.66. The van der Waals surface area contributed by atoms with Crippen LogP contribution in [0.5, 0.6) is 0 Å². The van der Waals surface area contributed by atoms with Crippen molar-refractivity contribution in [2.75, 3.05) is 0 Å². The minimum Gasteiger partial charge on any atom is -0.444 e. The molecule has 130 valence electrons. The van der Waals surface area contributed by atoms with Crippen molar-refractivity contribution in [1.29, 1.82) is 0 Å². The van der Waals surface area contributed by atoms with Gasteiger partial charge >= 0.3 is 0 Å². The molecule has 3 rings (SSSR count). The Balaban J connectivity index is 1.64. The van der Waals surface area contributed by atoms with Crippen molar-refractivity contribution in [1.82, 2.24) is 10.3 Å². The summed E-state index contributed by atoms with van der Waals surface area (Å²) in [5.74, 6) is 0.671. The van der Waals surface area contributed by atoms with Gasteiger partial charge in [-0.2, -0.15) is 0 Å². The van der Waals surface area contributed by atoms with Crippen LogP contribution in [0, 0.1) is 0 Å². The first-order valence-corrected chi connectivity index (χ1v) is 8.77. The molecule has 0 aliphatic rings. The van der Waals surface area contributed by atoms with E-state index in [4.69, 9.17) is 4.42 Å². The van der Waals surface area contributed by atoms with E-state index in [0.717, 1.165) is 11.3 Å². The van der Waals surface area contributed by atoms with Crippen molar-refractivity contribution in [3.8, 4) is 11.5 Å². The quantitative estimate of drug-likeness (QED) is 0.670. The summed E-state index contributed by atoms with van der Waals surface area (Å²) in [5.41, 5.74) is 4.65. The van der Waals surface area contributed by atoms with Gasteiger partial charge in [0.2, 0.25) is 5.89 Å². The Morgan fingerprint density at radius 2 is 1.68 bits per heavy atom. The van der Waals surface area contributed by atoms with Crippen LogP contribution in [0.15, 0.2) is 65.3 Å². The molecule has 0 amide bonds. The largest absolute Gasteiger partial charge is 0.444 e. The van der Waals surface area contributed by atoms with E-state index in [1.54, 1.807) is 6.26 Å².